The summed E-state index contributed by atoms with van der Waals surface area (Å²) in [5.41, 5.74) is 0. The molecule has 0 aliphatic rings. The van der Waals surface area contributed by atoms with E-state index in [2.05, 4.69) is 34.7 Å². The first-order valence-electron chi connectivity index (χ1n) is 3.44. The third-order valence-electron chi connectivity index (χ3n) is 2.12. The molecule has 0 aromatic rings. The molecule has 0 aliphatic carbocycles. The maximum atomic E-state index is 10.00. The Bertz CT molecular complexity index is 84.2. The predicted molar refractivity (Wildman–Crippen MR) is 48.3 cm³/mol. The van der Waals surface area contributed by atoms with E-state index < -0.39 is 10.9 Å². The van der Waals surface area contributed by atoms with E-state index in [0.717, 1.165) is 15.6 Å². The van der Waals surface area contributed by atoms with Crippen LogP contribution in [0.1, 0.15) is 20.8 Å². The molecular weight excluding hydrogens is 243 g/mol. The first-order valence-corrected chi connectivity index (χ1v) is 12.7. The third kappa shape index (κ3) is 2.61. The van der Waals surface area contributed by atoms with Crippen molar-refractivity contribution in [1.82, 2.24) is 0 Å². The van der Waals surface area contributed by atoms with Gasteiger partial charge in [-0.25, -0.2) is 0 Å². The zero-order chi connectivity index (χ0) is 7.57. The summed E-state index contributed by atoms with van der Waals surface area (Å²) >= 11 is 3.52. The first kappa shape index (κ1) is 10.00. The molecule has 0 radical (unpaired) electrons. The van der Waals surface area contributed by atoms with Gasteiger partial charge in [0.25, 0.3) is 0 Å². The Labute approximate surface area is 65.4 Å². The standard InChI is InChI=1S/C6H16AsBrO/c1-4-7(8,9,5-2)6-3/h9H,4-6H2,1-3H3. The summed E-state index contributed by atoms with van der Waals surface area (Å²) < 4.78 is 10.00. The Morgan fingerprint density at radius 3 is 1.33 bits per heavy atom. The Hall–Kier alpha value is 0.998. The third-order valence-corrected chi connectivity index (χ3v) is 18.9. The molecule has 0 saturated carbocycles. The monoisotopic (exact) mass is 258 g/mol. The van der Waals surface area contributed by atoms with Gasteiger partial charge in [0, 0.05) is 0 Å². The van der Waals surface area contributed by atoms with E-state index in [4.69, 9.17) is 0 Å². The Morgan fingerprint density at radius 2 is 1.33 bits per heavy atom. The van der Waals surface area contributed by atoms with Gasteiger partial charge in [0.05, 0.1) is 0 Å². The van der Waals surface area contributed by atoms with Crippen LogP contribution in [0.25, 0.3) is 0 Å². The minimum absolute atomic E-state index is 0.936. The van der Waals surface area contributed by atoms with Crippen LogP contribution >= 0.6 is 13.9 Å². The maximum absolute atomic E-state index is 10.00. The molecule has 0 aliphatic heterocycles. The number of rotatable bonds is 3. The van der Waals surface area contributed by atoms with Crippen LogP contribution in [0.15, 0.2) is 0 Å². The zero-order valence-electron chi connectivity index (χ0n) is 6.39. The predicted octanol–water partition coefficient (Wildman–Crippen LogP) is 2.83. The number of hydrogen-bond donors (Lipinski definition) is 1. The Balaban J connectivity index is 4.20. The second-order valence-electron chi connectivity index (χ2n) is 2.48. The summed E-state index contributed by atoms with van der Waals surface area (Å²) in [6.07, 6.45) is 0. The fraction of sp³-hybridized carbons (Fsp3) is 1.00. The summed E-state index contributed by atoms with van der Waals surface area (Å²) in [6.45, 7) is 6.19. The molecule has 1 nitrogen and oxygen atoms in total. The van der Waals surface area contributed by atoms with Gasteiger partial charge < -0.3 is 0 Å². The van der Waals surface area contributed by atoms with Gasteiger partial charge in [-0.2, -0.15) is 0 Å². The second kappa shape index (κ2) is 2.94. The molecule has 0 bridgehead atoms. The van der Waals surface area contributed by atoms with E-state index in [1.807, 2.05) is 0 Å². The van der Waals surface area contributed by atoms with Crippen molar-refractivity contribution in [1.29, 1.82) is 0 Å². The van der Waals surface area contributed by atoms with Crippen molar-refractivity contribution < 1.29 is 4.10 Å². The van der Waals surface area contributed by atoms with E-state index in [-0.39, 0.29) is 0 Å². The van der Waals surface area contributed by atoms with Crippen LogP contribution in [0.5, 0.6) is 0 Å². The summed E-state index contributed by atoms with van der Waals surface area (Å²) in [5, 5.41) is 2.81. The molecule has 0 spiro atoms. The van der Waals surface area contributed by atoms with Gasteiger partial charge in [0.2, 0.25) is 0 Å². The van der Waals surface area contributed by atoms with Crippen LogP contribution < -0.4 is 0 Å². The van der Waals surface area contributed by atoms with Crippen molar-refractivity contribution in [2.24, 2.45) is 0 Å². The van der Waals surface area contributed by atoms with Gasteiger partial charge in [0.15, 0.2) is 0 Å². The van der Waals surface area contributed by atoms with Gasteiger partial charge in [-0.1, -0.05) is 0 Å². The van der Waals surface area contributed by atoms with Crippen molar-refractivity contribution in [3.63, 3.8) is 0 Å². The topological polar surface area (TPSA) is 20.2 Å². The first-order chi connectivity index (χ1) is 3.96. The van der Waals surface area contributed by atoms with Crippen molar-refractivity contribution in [3.05, 3.63) is 0 Å². The number of halogens is 1. The van der Waals surface area contributed by atoms with Gasteiger partial charge in [-0.15, -0.1) is 0 Å². The summed E-state index contributed by atoms with van der Waals surface area (Å²) in [6, 6.07) is 0. The quantitative estimate of drug-likeness (QED) is 0.772. The molecule has 9 heavy (non-hydrogen) atoms. The molecule has 3 heteroatoms. The van der Waals surface area contributed by atoms with Crippen molar-refractivity contribution in [2.75, 3.05) is 0 Å². The van der Waals surface area contributed by atoms with Crippen LogP contribution in [-0.4, -0.2) is 15.0 Å². The molecule has 0 heterocycles. The number of hydrogen-bond acceptors (Lipinski definition) is 1. The molecule has 0 rings (SSSR count). The van der Waals surface area contributed by atoms with E-state index in [0.29, 0.717) is 0 Å². The minimum atomic E-state index is -2.82. The molecule has 1 N–H and O–H groups in total. The van der Waals surface area contributed by atoms with Gasteiger partial charge in [-0.05, 0) is 0 Å². The zero-order valence-corrected chi connectivity index (χ0v) is 9.86. The Kier molecular flexibility index (Phi) is 3.26. The van der Waals surface area contributed by atoms with E-state index >= 15 is 0 Å². The fourth-order valence-corrected chi connectivity index (χ4v) is 3.49. The van der Waals surface area contributed by atoms with Crippen molar-refractivity contribution >= 4 is 24.9 Å². The average molecular weight is 259 g/mol. The molecule has 58 valence electrons. The normalized spacial score (nSPS) is 16.8. The van der Waals surface area contributed by atoms with Crippen LogP contribution in [0.4, 0.5) is 0 Å². The van der Waals surface area contributed by atoms with E-state index in [1.54, 1.807) is 0 Å². The van der Waals surface area contributed by atoms with Gasteiger partial charge in [0.1, 0.15) is 0 Å². The van der Waals surface area contributed by atoms with Gasteiger partial charge >= 0.3 is 65.4 Å². The molecular formula is C6H16AsBrO. The van der Waals surface area contributed by atoms with Gasteiger partial charge in [-0.3, -0.25) is 0 Å². The summed E-state index contributed by atoms with van der Waals surface area (Å²) in [5.74, 6) is 0. The SMILES string of the molecule is CC[As](O)(Br)(CC)CC. The van der Waals surface area contributed by atoms with Crippen molar-refractivity contribution in [3.8, 4) is 0 Å². The van der Waals surface area contributed by atoms with Crippen LogP contribution in [0, 0.1) is 0 Å². The van der Waals surface area contributed by atoms with Crippen LogP contribution in [0.3, 0.4) is 0 Å². The van der Waals surface area contributed by atoms with Crippen LogP contribution in [0.2, 0.25) is 15.6 Å². The molecule has 0 aromatic carbocycles. The molecule has 0 saturated heterocycles. The summed E-state index contributed by atoms with van der Waals surface area (Å²) in [7, 11) is -2.82. The average Bonchev–Trinajstić information content (AvgIpc) is 1.90. The fourth-order valence-electron chi connectivity index (χ4n) is 0.671. The van der Waals surface area contributed by atoms with Crippen molar-refractivity contribution in [2.45, 2.75) is 36.4 Å². The van der Waals surface area contributed by atoms with E-state index in [1.165, 1.54) is 0 Å². The second-order valence-corrected chi connectivity index (χ2v) is 22.3. The molecule has 0 aromatic heterocycles. The van der Waals surface area contributed by atoms with E-state index in [9.17, 15) is 4.10 Å². The van der Waals surface area contributed by atoms with Crippen LogP contribution in [-0.2, 0) is 0 Å². The summed E-state index contributed by atoms with van der Waals surface area (Å²) in [4.78, 5) is 0. The molecule has 0 amide bonds. The Morgan fingerprint density at radius 1 is 1.11 bits per heavy atom. The molecule has 0 fully saturated rings. The molecule has 0 unspecified atom stereocenters. The molecule has 0 atom stereocenters.